The Morgan fingerprint density at radius 1 is 1.69 bits per heavy atom. The second-order valence-electron chi connectivity index (χ2n) is 3.06. The van der Waals surface area contributed by atoms with Crippen molar-refractivity contribution >= 4 is 21.9 Å². The van der Waals surface area contributed by atoms with Gasteiger partial charge in [-0.2, -0.15) is 0 Å². The molecular formula is C8H11BrF2O2. The normalized spacial score (nSPS) is 19.7. The molecule has 1 aliphatic rings. The van der Waals surface area contributed by atoms with E-state index in [1.807, 2.05) is 0 Å². The summed E-state index contributed by atoms with van der Waals surface area (Å²) in [6, 6.07) is 0. The zero-order valence-electron chi connectivity index (χ0n) is 7.23. The van der Waals surface area contributed by atoms with Crippen molar-refractivity contribution in [1.82, 2.24) is 0 Å². The molecule has 0 radical (unpaired) electrons. The smallest absolute Gasteiger partial charge is 0.325 e. The molecule has 1 aliphatic carbocycles. The third-order valence-electron chi connectivity index (χ3n) is 1.95. The van der Waals surface area contributed by atoms with Crippen molar-refractivity contribution in [1.29, 1.82) is 0 Å². The fourth-order valence-corrected chi connectivity index (χ4v) is 1.55. The first kappa shape index (κ1) is 10.9. The van der Waals surface area contributed by atoms with Crippen LogP contribution in [0.2, 0.25) is 0 Å². The van der Waals surface area contributed by atoms with Crippen LogP contribution in [0, 0.1) is 5.92 Å². The van der Waals surface area contributed by atoms with E-state index in [2.05, 4.69) is 20.7 Å². The number of carbonyl (C=O) groups excluding carboxylic acids is 1. The van der Waals surface area contributed by atoms with Gasteiger partial charge in [0, 0.05) is 5.92 Å². The molecule has 13 heavy (non-hydrogen) atoms. The summed E-state index contributed by atoms with van der Waals surface area (Å²) in [5.41, 5.74) is 0. The number of alkyl halides is 3. The summed E-state index contributed by atoms with van der Waals surface area (Å²) in [4.78, 5) is 9.48. The Labute approximate surface area is 83.8 Å². The number of ether oxygens (including phenoxy) is 1. The van der Waals surface area contributed by atoms with Crippen LogP contribution < -0.4 is 0 Å². The van der Waals surface area contributed by atoms with Crippen molar-refractivity contribution in [2.24, 2.45) is 5.92 Å². The molecule has 1 unspecified atom stereocenters. The summed E-state index contributed by atoms with van der Waals surface area (Å²) >= 11 is 2.68. The highest BCUT2D eigenvalue weighted by atomic mass is 79.9. The Bertz CT molecular complexity index is 204. The van der Waals surface area contributed by atoms with Crippen LogP contribution in [0.5, 0.6) is 0 Å². The van der Waals surface area contributed by atoms with Crippen molar-refractivity contribution in [2.75, 3.05) is 6.61 Å². The first-order valence-corrected chi connectivity index (χ1v) is 5.10. The molecule has 1 atom stereocenters. The van der Waals surface area contributed by atoms with Gasteiger partial charge in [-0.15, -0.1) is 0 Å². The van der Waals surface area contributed by atoms with Gasteiger partial charge in [0.2, 0.25) is 0 Å². The van der Waals surface area contributed by atoms with Crippen LogP contribution in [0.4, 0.5) is 8.78 Å². The first-order chi connectivity index (χ1) is 6.00. The second-order valence-corrected chi connectivity index (χ2v) is 3.98. The minimum Gasteiger partial charge on any atom is -0.465 e. The standard InChI is InChI=1S/C8H11BrF2O2/c1-2-13-7(12)6(9)8(10,11)5-3-4-5/h5-6H,2-4H2,1H3. The quantitative estimate of drug-likeness (QED) is 0.570. The molecule has 76 valence electrons. The topological polar surface area (TPSA) is 26.3 Å². The molecule has 0 aliphatic heterocycles. The number of hydrogen-bond acceptors (Lipinski definition) is 2. The molecule has 0 aromatic heterocycles. The van der Waals surface area contributed by atoms with E-state index >= 15 is 0 Å². The maximum absolute atomic E-state index is 13.2. The number of carbonyl (C=O) groups is 1. The SMILES string of the molecule is CCOC(=O)C(Br)C(F)(F)C1CC1. The van der Waals surface area contributed by atoms with Crippen molar-refractivity contribution in [2.45, 2.75) is 30.5 Å². The highest BCUT2D eigenvalue weighted by Gasteiger charge is 2.54. The van der Waals surface area contributed by atoms with Gasteiger partial charge in [0.05, 0.1) is 6.61 Å². The lowest BCUT2D eigenvalue weighted by Gasteiger charge is -2.20. The van der Waals surface area contributed by atoms with Crippen LogP contribution >= 0.6 is 15.9 Å². The number of halogens is 3. The van der Waals surface area contributed by atoms with E-state index < -0.39 is 22.6 Å². The Balaban J connectivity index is 2.53. The lowest BCUT2D eigenvalue weighted by molar-refractivity contribution is -0.150. The first-order valence-electron chi connectivity index (χ1n) is 4.18. The van der Waals surface area contributed by atoms with Crippen LogP contribution in [0.1, 0.15) is 19.8 Å². The molecule has 0 amide bonds. The maximum atomic E-state index is 13.2. The highest BCUT2D eigenvalue weighted by Crippen LogP contribution is 2.47. The number of rotatable bonds is 4. The van der Waals surface area contributed by atoms with E-state index in [1.165, 1.54) is 0 Å². The predicted octanol–water partition coefficient (Wildman–Crippen LogP) is 2.36. The van der Waals surface area contributed by atoms with Crippen molar-refractivity contribution in [3.63, 3.8) is 0 Å². The molecule has 2 nitrogen and oxygen atoms in total. The average Bonchev–Trinajstić information content (AvgIpc) is 2.85. The molecule has 1 rings (SSSR count). The van der Waals surface area contributed by atoms with Crippen LogP contribution in [0.15, 0.2) is 0 Å². The monoisotopic (exact) mass is 256 g/mol. The molecule has 0 heterocycles. The second kappa shape index (κ2) is 3.90. The molecule has 0 bridgehead atoms. The van der Waals surface area contributed by atoms with Gasteiger partial charge in [-0.1, -0.05) is 15.9 Å². The summed E-state index contributed by atoms with van der Waals surface area (Å²) < 4.78 is 31.0. The highest BCUT2D eigenvalue weighted by molar-refractivity contribution is 9.10. The maximum Gasteiger partial charge on any atom is 0.325 e. The van der Waals surface area contributed by atoms with E-state index in [1.54, 1.807) is 6.92 Å². The van der Waals surface area contributed by atoms with Gasteiger partial charge >= 0.3 is 5.97 Å². The lowest BCUT2D eigenvalue weighted by atomic mass is 10.1. The van der Waals surface area contributed by atoms with Crippen molar-refractivity contribution < 1.29 is 18.3 Å². The molecule has 1 fully saturated rings. The summed E-state index contributed by atoms with van der Waals surface area (Å²) in [7, 11) is 0. The van der Waals surface area contributed by atoms with Crippen molar-refractivity contribution in [3.05, 3.63) is 0 Å². The molecule has 5 heteroatoms. The van der Waals surface area contributed by atoms with Crippen LogP contribution in [-0.4, -0.2) is 23.3 Å². The average molecular weight is 257 g/mol. The molecule has 1 saturated carbocycles. The number of esters is 1. The van der Waals surface area contributed by atoms with Gasteiger partial charge in [-0.05, 0) is 19.8 Å². The van der Waals surface area contributed by atoms with Gasteiger partial charge in [0.25, 0.3) is 5.92 Å². The molecule has 0 saturated heterocycles. The van der Waals surface area contributed by atoms with E-state index in [9.17, 15) is 13.6 Å². The van der Waals surface area contributed by atoms with Crippen LogP contribution in [0.25, 0.3) is 0 Å². The largest absolute Gasteiger partial charge is 0.465 e. The minimum absolute atomic E-state index is 0.127. The summed E-state index contributed by atoms with van der Waals surface area (Å²) in [5, 5.41) is 0. The predicted molar refractivity (Wildman–Crippen MR) is 47.0 cm³/mol. The Kier molecular flexibility index (Phi) is 3.27. The zero-order chi connectivity index (χ0) is 10.1. The van der Waals surface area contributed by atoms with Crippen molar-refractivity contribution in [3.8, 4) is 0 Å². The molecule has 0 N–H and O–H groups in total. The fourth-order valence-electron chi connectivity index (χ4n) is 1.05. The summed E-state index contributed by atoms with van der Waals surface area (Å²) in [6.45, 7) is 1.72. The van der Waals surface area contributed by atoms with Gasteiger partial charge < -0.3 is 4.74 Å². The van der Waals surface area contributed by atoms with E-state index in [0.717, 1.165) is 0 Å². The Morgan fingerprint density at radius 2 is 2.23 bits per heavy atom. The molecular weight excluding hydrogens is 246 g/mol. The minimum atomic E-state index is -2.97. The van der Waals surface area contributed by atoms with Crippen LogP contribution in [0.3, 0.4) is 0 Å². The molecule has 0 aromatic rings. The Morgan fingerprint density at radius 3 is 2.62 bits per heavy atom. The van der Waals surface area contributed by atoms with E-state index in [0.29, 0.717) is 12.8 Å². The van der Waals surface area contributed by atoms with E-state index in [4.69, 9.17) is 0 Å². The van der Waals surface area contributed by atoms with Gasteiger partial charge in [-0.3, -0.25) is 4.79 Å². The zero-order valence-corrected chi connectivity index (χ0v) is 8.81. The number of hydrogen-bond donors (Lipinski definition) is 0. The molecule has 0 aromatic carbocycles. The van der Waals surface area contributed by atoms with Gasteiger partial charge in [0.15, 0.2) is 4.83 Å². The third kappa shape index (κ3) is 2.39. The molecule has 0 spiro atoms. The van der Waals surface area contributed by atoms with E-state index in [-0.39, 0.29) is 6.61 Å². The van der Waals surface area contributed by atoms with Gasteiger partial charge in [-0.25, -0.2) is 8.78 Å². The summed E-state index contributed by atoms with van der Waals surface area (Å²) in [5.74, 6) is -4.49. The Hall–Kier alpha value is -0.190. The third-order valence-corrected chi connectivity index (χ3v) is 2.94. The fraction of sp³-hybridized carbons (Fsp3) is 0.875. The van der Waals surface area contributed by atoms with Crippen LogP contribution in [-0.2, 0) is 9.53 Å². The van der Waals surface area contributed by atoms with Gasteiger partial charge in [0.1, 0.15) is 0 Å². The summed E-state index contributed by atoms with van der Waals surface area (Å²) in [6.07, 6.45) is 0.989. The lowest BCUT2D eigenvalue weighted by Crippen LogP contribution is -2.38.